The first-order valence-electron chi connectivity index (χ1n) is 11.9. The Kier molecular flexibility index (Phi) is 7.39. The maximum absolute atomic E-state index is 13.6. The molecule has 0 radical (unpaired) electrons. The van der Waals surface area contributed by atoms with Crippen LogP contribution in [0.5, 0.6) is 5.75 Å². The number of esters is 1. The Morgan fingerprint density at radius 3 is 2.51 bits per heavy atom. The molecule has 3 aromatic heterocycles. The number of nitrogens with zero attached hydrogens (tertiary/aromatic N) is 1. The molecule has 0 aliphatic rings. The monoisotopic (exact) mass is 530 g/mol. The number of hydrogen-bond donors (Lipinski definition) is 1. The third-order valence-electron chi connectivity index (χ3n) is 6.12. The number of aromatic nitrogens is 1. The Morgan fingerprint density at radius 1 is 1.00 bits per heavy atom. The SMILES string of the molecule is CCOC(=O)c1c(-c2ccc(OC)cc2)csc1NC(=O)c1cc2sccc2n1CCc1ccccc1. The lowest BCUT2D eigenvalue weighted by Gasteiger charge is -2.12. The van der Waals surface area contributed by atoms with Gasteiger partial charge in [-0.05, 0) is 54.1 Å². The van der Waals surface area contributed by atoms with Crippen LogP contribution in [0.4, 0.5) is 5.00 Å². The van der Waals surface area contributed by atoms with E-state index >= 15 is 0 Å². The standard InChI is InChI=1S/C29H26N2O4S2/c1-3-35-29(33)26-22(20-9-11-21(34-2)12-10-20)18-37-28(26)30-27(32)24-17-25-23(14-16-36-25)31(24)15-13-19-7-5-4-6-8-19/h4-12,14,16-18H,3,13,15H2,1-2H3,(H,30,32). The maximum Gasteiger partial charge on any atom is 0.341 e. The van der Waals surface area contributed by atoms with Gasteiger partial charge in [0.15, 0.2) is 0 Å². The molecule has 3 heterocycles. The van der Waals surface area contributed by atoms with Crippen molar-refractivity contribution in [2.24, 2.45) is 0 Å². The lowest BCUT2D eigenvalue weighted by Crippen LogP contribution is -2.19. The van der Waals surface area contributed by atoms with Gasteiger partial charge in [0, 0.05) is 17.5 Å². The van der Waals surface area contributed by atoms with Crippen LogP contribution in [0, 0.1) is 0 Å². The Labute approximate surface area is 223 Å². The zero-order valence-electron chi connectivity index (χ0n) is 20.5. The van der Waals surface area contributed by atoms with Crippen molar-refractivity contribution in [2.45, 2.75) is 19.9 Å². The number of ether oxygens (including phenoxy) is 2. The van der Waals surface area contributed by atoms with Gasteiger partial charge in [-0.3, -0.25) is 4.79 Å². The van der Waals surface area contributed by atoms with Crippen LogP contribution in [0.1, 0.15) is 33.3 Å². The lowest BCUT2D eigenvalue weighted by atomic mass is 10.0. The van der Waals surface area contributed by atoms with E-state index in [1.54, 1.807) is 25.4 Å². The number of methoxy groups -OCH3 is 1. The summed E-state index contributed by atoms with van der Waals surface area (Å²) in [5.41, 5.74) is 4.70. The Bertz CT molecular complexity index is 1530. The lowest BCUT2D eigenvalue weighted by molar-refractivity contribution is 0.0529. The summed E-state index contributed by atoms with van der Waals surface area (Å²) in [6, 6.07) is 21.6. The first-order valence-corrected chi connectivity index (χ1v) is 13.7. The summed E-state index contributed by atoms with van der Waals surface area (Å²) in [4.78, 5) is 26.6. The van der Waals surface area contributed by atoms with Gasteiger partial charge in [0.1, 0.15) is 22.0 Å². The second kappa shape index (κ2) is 11.0. The second-order valence-electron chi connectivity index (χ2n) is 8.34. The minimum absolute atomic E-state index is 0.239. The molecule has 0 spiro atoms. The van der Waals surface area contributed by atoms with Gasteiger partial charge in [0.05, 0.1) is 23.9 Å². The predicted molar refractivity (Wildman–Crippen MR) is 150 cm³/mol. The number of amides is 1. The third-order valence-corrected chi connectivity index (χ3v) is 7.87. The van der Waals surface area contributed by atoms with Crippen molar-refractivity contribution in [3.8, 4) is 16.9 Å². The summed E-state index contributed by atoms with van der Waals surface area (Å²) in [5, 5.41) is 7.38. The van der Waals surface area contributed by atoms with E-state index in [1.165, 1.54) is 16.9 Å². The van der Waals surface area contributed by atoms with Gasteiger partial charge >= 0.3 is 5.97 Å². The Hall–Kier alpha value is -3.88. The van der Waals surface area contributed by atoms with Crippen LogP contribution in [0.15, 0.2) is 77.5 Å². The number of benzene rings is 2. The van der Waals surface area contributed by atoms with Crippen molar-refractivity contribution in [3.05, 3.63) is 94.3 Å². The van der Waals surface area contributed by atoms with Gasteiger partial charge < -0.3 is 19.4 Å². The zero-order chi connectivity index (χ0) is 25.8. The molecule has 0 aliphatic heterocycles. The quantitative estimate of drug-likeness (QED) is 0.206. The molecule has 8 heteroatoms. The van der Waals surface area contributed by atoms with Gasteiger partial charge in [0.2, 0.25) is 0 Å². The average Bonchev–Trinajstić information content (AvgIpc) is 3.63. The molecule has 0 saturated carbocycles. The van der Waals surface area contributed by atoms with Gasteiger partial charge in [-0.25, -0.2) is 4.79 Å². The summed E-state index contributed by atoms with van der Waals surface area (Å²) in [6.07, 6.45) is 0.801. The van der Waals surface area contributed by atoms with Crippen LogP contribution in [-0.2, 0) is 17.7 Å². The fourth-order valence-corrected chi connectivity index (χ4v) is 6.07. The van der Waals surface area contributed by atoms with Crippen molar-refractivity contribution in [1.82, 2.24) is 4.57 Å². The molecule has 2 aromatic carbocycles. The largest absolute Gasteiger partial charge is 0.497 e. The predicted octanol–water partition coefficient (Wildman–Crippen LogP) is 7.11. The molecule has 6 nitrogen and oxygen atoms in total. The van der Waals surface area contributed by atoms with Crippen LogP contribution in [0.3, 0.4) is 0 Å². The number of fused-ring (bicyclic) bond motifs is 1. The van der Waals surface area contributed by atoms with E-state index < -0.39 is 5.97 Å². The number of carbonyl (C=O) groups excluding carboxylic acids is 2. The molecule has 0 atom stereocenters. The van der Waals surface area contributed by atoms with Crippen LogP contribution in [0.2, 0.25) is 0 Å². The molecule has 188 valence electrons. The number of thiophene rings is 2. The number of anilines is 1. The molecule has 5 rings (SSSR count). The zero-order valence-corrected chi connectivity index (χ0v) is 22.2. The van der Waals surface area contributed by atoms with Gasteiger partial charge in [0.25, 0.3) is 5.91 Å². The maximum atomic E-state index is 13.6. The highest BCUT2D eigenvalue weighted by Crippen LogP contribution is 2.37. The molecule has 0 fully saturated rings. The molecule has 0 aliphatic carbocycles. The number of aryl methyl sites for hydroxylation is 2. The number of hydrogen-bond acceptors (Lipinski definition) is 6. The van der Waals surface area contributed by atoms with Crippen LogP contribution in [-0.4, -0.2) is 30.2 Å². The van der Waals surface area contributed by atoms with E-state index in [1.807, 2.05) is 65.4 Å². The fourth-order valence-electron chi connectivity index (χ4n) is 4.30. The first-order chi connectivity index (χ1) is 18.1. The van der Waals surface area contributed by atoms with Crippen LogP contribution >= 0.6 is 22.7 Å². The second-order valence-corrected chi connectivity index (χ2v) is 10.2. The van der Waals surface area contributed by atoms with E-state index in [9.17, 15) is 9.59 Å². The third kappa shape index (κ3) is 5.16. The van der Waals surface area contributed by atoms with E-state index in [-0.39, 0.29) is 12.5 Å². The molecule has 5 aromatic rings. The normalized spacial score (nSPS) is 11.0. The van der Waals surface area contributed by atoms with E-state index in [2.05, 4.69) is 22.0 Å². The number of rotatable bonds is 9. The molecular weight excluding hydrogens is 504 g/mol. The Morgan fingerprint density at radius 2 is 1.78 bits per heavy atom. The fraction of sp³-hybridized carbons (Fsp3) is 0.172. The van der Waals surface area contributed by atoms with Crippen LogP contribution in [0.25, 0.3) is 21.3 Å². The highest BCUT2D eigenvalue weighted by Gasteiger charge is 2.25. The van der Waals surface area contributed by atoms with Crippen molar-refractivity contribution >= 4 is 49.8 Å². The number of carbonyl (C=O) groups is 2. The van der Waals surface area contributed by atoms with E-state index in [4.69, 9.17) is 9.47 Å². The van der Waals surface area contributed by atoms with Crippen molar-refractivity contribution < 1.29 is 19.1 Å². The summed E-state index contributed by atoms with van der Waals surface area (Å²) < 4.78 is 13.7. The van der Waals surface area contributed by atoms with Crippen LogP contribution < -0.4 is 10.1 Å². The van der Waals surface area contributed by atoms with Gasteiger partial charge in [-0.1, -0.05) is 42.5 Å². The first kappa shape index (κ1) is 24.8. The van der Waals surface area contributed by atoms with E-state index in [0.717, 1.165) is 28.0 Å². The molecule has 37 heavy (non-hydrogen) atoms. The summed E-state index contributed by atoms with van der Waals surface area (Å²) in [7, 11) is 1.61. The smallest absolute Gasteiger partial charge is 0.341 e. The van der Waals surface area contributed by atoms with Crippen molar-refractivity contribution in [2.75, 3.05) is 19.0 Å². The minimum atomic E-state index is -0.467. The topological polar surface area (TPSA) is 69.6 Å². The summed E-state index contributed by atoms with van der Waals surface area (Å²) in [5.74, 6) is -0.00289. The molecule has 0 unspecified atom stereocenters. The van der Waals surface area contributed by atoms with Gasteiger partial charge in [-0.15, -0.1) is 22.7 Å². The highest BCUT2D eigenvalue weighted by atomic mass is 32.1. The Balaban J connectivity index is 1.46. The summed E-state index contributed by atoms with van der Waals surface area (Å²) >= 11 is 2.92. The number of nitrogens with one attached hydrogen (secondary N) is 1. The molecule has 0 bridgehead atoms. The molecule has 1 N–H and O–H groups in total. The molecular formula is C29H26N2O4S2. The van der Waals surface area contributed by atoms with E-state index in [0.29, 0.717) is 28.4 Å². The molecule has 1 amide bonds. The highest BCUT2D eigenvalue weighted by molar-refractivity contribution is 7.17. The molecule has 0 saturated heterocycles. The van der Waals surface area contributed by atoms with Crippen molar-refractivity contribution in [1.29, 1.82) is 0 Å². The average molecular weight is 531 g/mol. The van der Waals surface area contributed by atoms with Gasteiger partial charge in [-0.2, -0.15) is 0 Å². The van der Waals surface area contributed by atoms with Crippen molar-refractivity contribution in [3.63, 3.8) is 0 Å². The minimum Gasteiger partial charge on any atom is -0.497 e. The summed E-state index contributed by atoms with van der Waals surface area (Å²) in [6.45, 7) is 2.67.